The summed E-state index contributed by atoms with van der Waals surface area (Å²) in [6.07, 6.45) is 1.61. The Morgan fingerprint density at radius 2 is 1.48 bits per heavy atom. The number of hydrogen-bond acceptors (Lipinski definition) is 3. The zero-order valence-corrected chi connectivity index (χ0v) is 20.1. The number of aromatic nitrogens is 2. The Kier molecular flexibility index (Phi) is 10.1. The summed E-state index contributed by atoms with van der Waals surface area (Å²) in [5, 5.41) is 0. The average Bonchev–Trinajstić information content (AvgIpc) is 2.81. The minimum absolute atomic E-state index is 0.0445. The second-order valence-corrected chi connectivity index (χ2v) is 7.13. The minimum Gasteiger partial charge on any atom is -0.311 e. The van der Waals surface area contributed by atoms with Crippen molar-refractivity contribution < 1.29 is 4.79 Å². The molecule has 1 amide bonds. The van der Waals surface area contributed by atoms with Gasteiger partial charge in [0.25, 0.3) is 0 Å². The van der Waals surface area contributed by atoms with Crippen molar-refractivity contribution in [1.82, 2.24) is 9.97 Å². The summed E-state index contributed by atoms with van der Waals surface area (Å²) < 4.78 is 0. The van der Waals surface area contributed by atoms with Crippen molar-refractivity contribution in [3.63, 3.8) is 0 Å². The first kappa shape index (κ1) is 26.1. The van der Waals surface area contributed by atoms with Crippen molar-refractivity contribution in [2.75, 3.05) is 11.9 Å². The molecule has 0 aliphatic rings. The predicted molar refractivity (Wildman–Crippen MR) is 133 cm³/mol. The lowest BCUT2D eigenvalue weighted by atomic mass is 9.83. The molecule has 3 aromatic rings. The van der Waals surface area contributed by atoms with E-state index < -0.39 is 5.41 Å². The number of amides is 1. The molecule has 162 valence electrons. The molecule has 2 aromatic carbocycles. The van der Waals surface area contributed by atoms with Crippen LogP contribution in [0.15, 0.2) is 60.8 Å². The summed E-state index contributed by atoms with van der Waals surface area (Å²) in [5.41, 5.74) is 3.71. The van der Waals surface area contributed by atoms with Crippen molar-refractivity contribution in [2.45, 2.75) is 53.9 Å². The summed E-state index contributed by atoms with van der Waals surface area (Å²) in [6.45, 7) is 13.9. The third-order valence-electron chi connectivity index (χ3n) is 4.88. The Balaban J connectivity index is 0.00000113. The second kappa shape index (κ2) is 12.0. The van der Waals surface area contributed by atoms with Gasteiger partial charge in [-0.15, -0.1) is 0 Å². The molecule has 0 aliphatic carbocycles. The highest BCUT2D eigenvalue weighted by Crippen LogP contribution is 2.33. The van der Waals surface area contributed by atoms with Crippen LogP contribution in [0.3, 0.4) is 0 Å². The molecule has 0 saturated carbocycles. The van der Waals surface area contributed by atoms with Crippen molar-refractivity contribution in [2.24, 2.45) is 0 Å². The van der Waals surface area contributed by atoms with E-state index in [-0.39, 0.29) is 11.6 Å². The molecule has 0 unspecified atom stereocenters. The van der Waals surface area contributed by atoms with Gasteiger partial charge >= 0.3 is 0 Å². The van der Waals surface area contributed by atoms with Gasteiger partial charge in [-0.05, 0) is 31.9 Å². The van der Waals surface area contributed by atoms with Crippen LogP contribution in [0.25, 0.3) is 11.3 Å². The lowest BCUT2D eigenvalue weighted by Crippen LogP contribution is -2.42. The van der Waals surface area contributed by atoms with E-state index in [0.29, 0.717) is 11.4 Å². The first-order valence-corrected chi connectivity index (χ1v) is 10.8. The number of hydrogen-bond donors (Lipinski definition) is 0. The van der Waals surface area contributed by atoms with E-state index in [1.165, 1.54) is 0 Å². The zero-order chi connectivity index (χ0) is 23.6. The van der Waals surface area contributed by atoms with Gasteiger partial charge in [-0.1, -0.05) is 82.3 Å². The maximum atomic E-state index is 13.4. The maximum absolute atomic E-state index is 13.4. The quantitative estimate of drug-likeness (QED) is 0.548. The van der Waals surface area contributed by atoms with E-state index in [1.807, 2.05) is 103 Å². The summed E-state index contributed by atoms with van der Waals surface area (Å²) in [6, 6.07) is 17.6. The fourth-order valence-electron chi connectivity index (χ4n) is 3.18. The van der Waals surface area contributed by atoms with E-state index in [0.717, 1.165) is 16.7 Å². The van der Waals surface area contributed by atoms with Crippen LogP contribution in [0.1, 0.15) is 52.7 Å². The Hall–Kier alpha value is -2.95. The van der Waals surface area contributed by atoms with Gasteiger partial charge in [0.15, 0.2) is 7.85 Å². The summed E-state index contributed by atoms with van der Waals surface area (Å²) in [5.74, 6) is -0.0445. The fraction of sp³-hybridized carbons (Fsp3) is 0.346. The Morgan fingerprint density at radius 3 is 2.06 bits per heavy atom. The van der Waals surface area contributed by atoms with E-state index in [9.17, 15) is 4.79 Å². The monoisotopic (exact) mass is 415 g/mol. The van der Waals surface area contributed by atoms with Gasteiger partial charge in [-0.3, -0.25) is 9.78 Å². The van der Waals surface area contributed by atoms with Crippen LogP contribution in [-0.4, -0.2) is 30.8 Å². The highest BCUT2D eigenvalue weighted by atomic mass is 16.2. The molecule has 0 spiro atoms. The van der Waals surface area contributed by atoms with Crippen LogP contribution in [0.4, 0.5) is 5.69 Å². The lowest BCUT2D eigenvalue weighted by molar-refractivity contribution is -0.122. The second-order valence-electron chi connectivity index (χ2n) is 7.13. The van der Waals surface area contributed by atoms with Crippen molar-refractivity contribution in [1.29, 1.82) is 0 Å². The molecule has 0 aliphatic heterocycles. The topological polar surface area (TPSA) is 46.1 Å². The molecule has 0 N–H and O–H groups in total. The number of carbonyl (C=O) groups excluding carboxylic acids is 1. The largest absolute Gasteiger partial charge is 0.311 e. The van der Waals surface area contributed by atoms with Crippen LogP contribution >= 0.6 is 0 Å². The van der Waals surface area contributed by atoms with Gasteiger partial charge in [-0.25, -0.2) is 4.98 Å². The minimum atomic E-state index is -0.694. The van der Waals surface area contributed by atoms with Gasteiger partial charge < -0.3 is 4.90 Å². The molecular formula is C26H34BN3O. The van der Waals surface area contributed by atoms with E-state index in [4.69, 9.17) is 7.85 Å². The van der Waals surface area contributed by atoms with Crippen molar-refractivity contribution >= 4 is 25.2 Å². The fourth-order valence-corrected chi connectivity index (χ4v) is 3.18. The number of carbonyl (C=O) groups is 1. The molecule has 1 aromatic heterocycles. The number of benzene rings is 2. The number of anilines is 1. The number of likely N-dealkylation sites (N-methyl/N-ethyl adjacent to an activating group) is 1. The first-order chi connectivity index (χ1) is 14.8. The Labute approximate surface area is 189 Å². The van der Waals surface area contributed by atoms with Gasteiger partial charge in [0.2, 0.25) is 5.91 Å². The van der Waals surface area contributed by atoms with Gasteiger partial charge in [0.1, 0.15) is 0 Å². The molecular weight excluding hydrogens is 381 g/mol. The zero-order valence-electron chi connectivity index (χ0n) is 20.1. The maximum Gasteiger partial charge on any atom is 0.236 e. The number of rotatable bonds is 4. The van der Waals surface area contributed by atoms with Gasteiger partial charge in [-0.2, -0.15) is 0 Å². The summed E-state index contributed by atoms with van der Waals surface area (Å²) in [4.78, 5) is 23.5. The predicted octanol–water partition coefficient (Wildman–Crippen LogP) is 5.24. The molecule has 2 radical (unpaired) electrons. The standard InChI is InChI=1S/C22H22BN3O.2C2H6/c1-15-10-8-9-13-17(15)19-18(14-24-21(23)25-19)26(4)20(27)22(2,3)16-11-6-5-7-12-16;2*1-2/h5-14H,1-4H3;2*1-2H3. The molecule has 5 heteroatoms. The normalized spacial score (nSPS) is 10.2. The third kappa shape index (κ3) is 6.03. The Morgan fingerprint density at radius 1 is 0.935 bits per heavy atom. The van der Waals surface area contributed by atoms with E-state index in [1.54, 1.807) is 18.1 Å². The molecule has 0 bridgehead atoms. The molecule has 4 nitrogen and oxygen atoms in total. The summed E-state index contributed by atoms with van der Waals surface area (Å²) in [7, 11) is 7.60. The first-order valence-electron chi connectivity index (χ1n) is 10.8. The molecule has 0 atom stereocenters. The lowest BCUT2D eigenvalue weighted by Gasteiger charge is -2.30. The van der Waals surface area contributed by atoms with Crippen molar-refractivity contribution in [3.05, 3.63) is 71.9 Å². The van der Waals surface area contributed by atoms with E-state index >= 15 is 0 Å². The molecule has 3 rings (SSSR count). The highest BCUT2D eigenvalue weighted by Gasteiger charge is 2.34. The van der Waals surface area contributed by atoms with Crippen molar-refractivity contribution in [3.8, 4) is 11.3 Å². The number of aryl methyl sites for hydroxylation is 1. The Bertz CT molecular complexity index is 971. The molecule has 0 saturated heterocycles. The summed E-state index contributed by atoms with van der Waals surface area (Å²) >= 11 is 0. The van der Waals surface area contributed by atoms with Crippen LogP contribution in [0.5, 0.6) is 0 Å². The van der Waals surface area contributed by atoms with Gasteiger partial charge in [0.05, 0.1) is 28.7 Å². The van der Waals surface area contributed by atoms with Crippen LogP contribution in [0, 0.1) is 6.92 Å². The molecule has 31 heavy (non-hydrogen) atoms. The smallest absolute Gasteiger partial charge is 0.236 e. The van der Waals surface area contributed by atoms with Crippen LogP contribution in [0.2, 0.25) is 0 Å². The van der Waals surface area contributed by atoms with E-state index in [2.05, 4.69) is 9.97 Å². The van der Waals surface area contributed by atoms with Crippen LogP contribution in [-0.2, 0) is 10.2 Å². The SMILES string of the molecule is CC.CC.[B]c1ncc(N(C)C(=O)C(C)(C)c2ccccc2)c(-c2ccccc2C)n1. The highest BCUT2D eigenvalue weighted by molar-refractivity contribution is 6.29. The van der Waals surface area contributed by atoms with Gasteiger partial charge in [0, 0.05) is 12.6 Å². The third-order valence-corrected chi connectivity index (χ3v) is 4.88. The molecule has 0 fully saturated rings. The number of nitrogens with zero attached hydrogens (tertiary/aromatic N) is 3. The molecule has 1 heterocycles. The average molecular weight is 415 g/mol. The van der Waals surface area contributed by atoms with Crippen LogP contribution < -0.4 is 10.6 Å².